The van der Waals surface area contributed by atoms with Crippen molar-refractivity contribution in [3.8, 4) is 0 Å². The summed E-state index contributed by atoms with van der Waals surface area (Å²) in [6.07, 6.45) is 4.96. The lowest BCUT2D eigenvalue weighted by Gasteiger charge is -2.13. The molecule has 0 heterocycles. The average molecular weight is 364 g/mol. The van der Waals surface area contributed by atoms with Crippen molar-refractivity contribution in [2.24, 2.45) is 0 Å². The maximum absolute atomic E-state index is 3.67. The van der Waals surface area contributed by atoms with E-state index in [9.17, 15) is 0 Å². The van der Waals surface area contributed by atoms with E-state index < -0.39 is 0 Å². The second kappa shape index (κ2) is 11.0. The van der Waals surface area contributed by atoms with E-state index in [1.807, 2.05) is 7.05 Å². The Bertz CT molecular complexity index is 774. The standard InChI is InChI=1S/C24H33N3/c1-25-14-6-7-15-26-16-8-9-17-27-19-24-22-12-4-2-10-20(22)18-21-11-3-5-13-23(21)24/h2-5,10-13,18,25-27H,6-9,14-17,19H2,1H3. The van der Waals surface area contributed by atoms with Crippen molar-refractivity contribution >= 4 is 21.5 Å². The minimum Gasteiger partial charge on any atom is -0.320 e. The third kappa shape index (κ3) is 5.77. The molecule has 3 aromatic rings. The zero-order chi connectivity index (χ0) is 18.7. The lowest BCUT2D eigenvalue weighted by molar-refractivity contribution is 0.562. The molecule has 3 rings (SSSR count). The summed E-state index contributed by atoms with van der Waals surface area (Å²) in [7, 11) is 2.02. The van der Waals surface area contributed by atoms with Gasteiger partial charge in [0.15, 0.2) is 0 Å². The first-order valence-electron chi connectivity index (χ1n) is 10.4. The first-order valence-corrected chi connectivity index (χ1v) is 10.4. The first-order chi connectivity index (χ1) is 13.4. The van der Waals surface area contributed by atoms with E-state index >= 15 is 0 Å². The highest BCUT2D eigenvalue weighted by Crippen LogP contribution is 2.28. The summed E-state index contributed by atoms with van der Waals surface area (Å²) in [5, 5.41) is 15.8. The van der Waals surface area contributed by atoms with Gasteiger partial charge in [-0.25, -0.2) is 0 Å². The monoisotopic (exact) mass is 363 g/mol. The lowest BCUT2D eigenvalue weighted by Crippen LogP contribution is -2.20. The molecule has 0 spiro atoms. The fraction of sp³-hybridized carbons (Fsp3) is 0.417. The van der Waals surface area contributed by atoms with E-state index in [1.165, 1.54) is 52.8 Å². The number of benzene rings is 3. The molecule has 0 radical (unpaired) electrons. The maximum Gasteiger partial charge on any atom is 0.0217 e. The van der Waals surface area contributed by atoms with Crippen molar-refractivity contribution in [1.29, 1.82) is 0 Å². The van der Waals surface area contributed by atoms with E-state index in [1.54, 1.807) is 0 Å². The van der Waals surface area contributed by atoms with E-state index in [0.29, 0.717) is 0 Å². The smallest absolute Gasteiger partial charge is 0.0217 e. The average Bonchev–Trinajstić information content (AvgIpc) is 2.71. The molecule has 0 fully saturated rings. The molecule has 0 aromatic heterocycles. The molecule has 3 nitrogen and oxygen atoms in total. The Labute approximate surface area is 163 Å². The molecule has 3 aromatic carbocycles. The van der Waals surface area contributed by atoms with Crippen molar-refractivity contribution in [3.05, 3.63) is 60.2 Å². The summed E-state index contributed by atoms with van der Waals surface area (Å²) in [6.45, 7) is 5.38. The van der Waals surface area contributed by atoms with Crippen LogP contribution in [-0.2, 0) is 6.54 Å². The summed E-state index contributed by atoms with van der Waals surface area (Å²) < 4.78 is 0. The van der Waals surface area contributed by atoms with Gasteiger partial charge in [-0.15, -0.1) is 0 Å². The Kier molecular flexibility index (Phi) is 8.09. The molecule has 0 atom stereocenters. The zero-order valence-electron chi connectivity index (χ0n) is 16.6. The number of rotatable bonds is 12. The van der Waals surface area contributed by atoms with E-state index in [-0.39, 0.29) is 0 Å². The molecule has 0 aliphatic rings. The van der Waals surface area contributed by atoms with Gasteiger partial charge in [0.05, 0.1) is 0 Å². The van der Waals surface area contributed by atoms with Gasteiger partial charge in [0.1, 0.15) is 0 Å². The van der Waals surface area contributed by atoms with Crippen LogP contribution in [0.15, 0.2) is 54.6 Å². The van der Waals surface area contributed by atoms with Gasteiger partial charge in [-0.1, -0.05) is 48.5 Å². The first kappa shape index (κ1) is 19.8. The third-order valence-electron chi connectivity index (χ3n) is 5.17. The molecular formula is C24H33N3. The Morgan fingerprint density at radius 1 is 0.630 bits per heavy atom. The van der Waals surface area contributed by atoms with Gasteiger partial charge in [0, 0.05) is 6.54 Å². The van der Waals surface area contributed by atoms with Crippen molar-refractivity contribution in [3.63, 3.8) is 0 Å². The minimum atomic E-state index is 0.930. The Balaban J connectivity index is 1.46. The lowest BCUT2D eigenvalue weighted by atomic mass is 9.97. The van der Waals surface area contributed by atoms with Gasteiger partial charge < -0.3 is 16.0 Å². The van der Waals surface area contributed by atoms with Crippen LogP contribution in [-0.4, -0.2) is 33.2 Å². The van der Waals surface area contributed by atoms with Gasteiger partial charge in [-0.3, -0.25) is 0 Å². The van der Waals surface area contributed by atoms with Crippen molar-refractivity contribution in [2.75, 3.05) is 33.2 Å². The minimum absolute atomic E-state index is 0.930. The highest BCUT2D eigenvalue weighted by Gasteiger charge is 2.06. The van der Waals surface area contributed by atoms with Crippen LogP contribution in [0.3, 0.4) is 0 Å². The van der Waals surface area contributed by atoms with E-state index in [2.05, 4.69) is 70.5 Å². The fourth-order valence-corrected chi connectivity index (χ4v) is 3.69. The van der Waals surface area contributed by atoms with Crippen LogP contribution in [0.2, 0.25) is 0 Å². The molecule has 0 bridgehead atoms. The normalized spacial score (nSPS) is 11.4. The van der Waals surface area contributed by atoms with Gasteiger partial charge in [0.25, 0.3) is 0 Å². The Morgan fingerprint density at radius 2 is 1.15 bits per heavy atom. The number of unbranched alkanes of at least 4 members (excludes halogenated alkanes) is 2. The number of hydrogen-bond donors (Lipinski definition) is 3. The van der Waals surface area contributed by atoms with Crippen LogP contribution in [0.5, 0.6) is 0 Å². The van der Waals surface area contributed by atoms with Gasteiger partial charge >= 0.3 is 0 Å². The molecule has 0 saturated carbocycles. The number of hydrogen-bond acceptors (Lipinski definition) is 3. The quantitative estimate of drug-likeness (QED) is 0.329. The highest BCUT2D eigenvalue weighted by molar-refractivity contribution is 6.02. The Morgan fingerprint density at radius 3 is 1.74 bits per heavy atom. The molecule has 0 saturated heterocycles. The zero-order valence-corrected chi connectivity index (χ0v) is 16.6. The summed E-state index contributed by atoms with van der Waals surface area (Å²) in [4.78, 5) is 0. The number of fused-ring (bicyclic) bond motifs is 2. The summed E-state index contributed by atoms with van der Waals surface area (Å²) >= 11 is 0. The van der Waals surface area contributed by atoms with Crippen molar-refractivity contribution in [2.45, 2.75) is 32.2 Å². The second-order valence-electron chi connectivity index (χ2n) is 7.24. The van der Waals surface area contributed by atoms with E-state index in [0.717, 1.165) is 32.7 Å². The van der Waals surface area contributed by atoms with Crippen LogP contribution in [0.25, 0.3) is 21.5 Å². The topological polar surface area (TPSA) is 36.1 Å². The fourth-order valence-electron chi connectivity index (χ4n) is 3.69. The predicted octanol–water partition coefficient (Wildman–Crippen LogP) is 4.45. The van der Waals surface area contributed by atoms with Gasteiger partial charge in [-0.2, -0.15) is 0 Å². The van der Waals surface area contributed by atoms with Crippen LogP contribution < -0.4 is 16.0 Å². The van der Waals surface area contributed by atoms with Crippen molar-refractivity contribution < 1.29 is 0 Å². The molecule has 3 N–H and O–H groups in total. The second-order valence-corrected chi connectivity index (χ2v) is 7.24. The molecule has 0 unspecified atom stereocenters. The van der Waals surface area contributed by atoms with Gasteiger partial charge in [-0.05, 0) is 92.1 Å². The van der Waals surface area contributed by atoms with Gasteiger partial charge in [0.2, 0.25) is 0 Å². The van der Waals surface area contributed by atoms with Crippen LogP contribution in [0, 0.1) is 0 Å². The number of nitrogens with one attached hydrogen (secondary N) is 3. The van der Waals surface area contributed by atoms with Crippen LogP contribution in [0.1, 0.15) is 31.2 Å². The maximum atomic E-state index is 3.67. The molecule has 0 aliphatic carbocycles. The summed E-state index contributed by atoms with van der Waals surface area (Å²) in [5.41, 5.74) is 1.42. The van der Waals surface area contributed by atoms with E-state index in [4.69, 9.17) is 0 Å². The van der Waals surface area contributed by atoms with Crippen LogP contribution >= 0.6 is 0 Å². The highest BCUT2D eigenvalue weighted by atomic mass is 14.9. The van der Waals surface area contributed by atoms with Crippen molar-refractivity contribution in [1.82, 2.24) is 16.0 Å². The Hall–Kier alpha value is -1.94. The summed E-state index contributed by atoms with van der Waals surface area (Å²) in [6, 6.07) is 19.8. The molecule has 3 heteroatoms. The van der Waals surface area contributed by atoms with Crippen LogP contribution in [0.4, 0.5) is 0 Å². The molecule has 0 amide bonds. The summed E-state index contributed by atoms with van der Waals surface area (Å²) in [5.74, 6) is 0. The molecular weight excluding hydrogens is 330 g/mol. The molecule has 0 aliphatic heterocycles. The molecule has 144 valence electrons. The molecule has 27 heavy (non-hydrogen) atoms. The predicted molar refractivity (Wildman–Crippen MR) is 118 cm³/mol. The largest absolute Gasteiger partial charge is 0.320 e. The SMILES string of the molecule is CNCCCCNCCCCNCc1c2ccccc2cc2ccccc12. The third-order valence-corrected chi connectivity index (χ3v) is 5.17.